The second-order valence-electron chi connectivity index (χ2n) is 4.64. The second-order valence-corrected chi connectivity index (χ2v) is 4.64. The summed E-state index contributed by atoms with van der Waals surface area (Å²) in [7, 11) is 0. The van der Waals surface area contributed by atoms with Crippen LogP contribution in [0, 0.1) is 13.8 Å². The molecule has 1 rings (SSSR count). The molecule has 0 aliphatic heterocycles. The van der Waals surface area contributed by atoms with Gasteiger partial charge >= 0.3 is 12.3 Å². The summed E-state index contributed by atoms with van der Waals surface area (Å²) in [5.74, 6) is -4.65. The smallest absolute Gasteiger partial charge is 0.330 e. The summed E-state index contributed by atoms with van der Waals surface area (Å²) in [6.45, 7) is 1.61. The molecule has 0 aromatic heterocycles. The predicted molar refractivity (Wildman–Crippen MR) is 66.4 cm³/mol. The summed E-state index contributed by atoms with van der Waals surface area (Å²) in [5, 5.41) is 0. The van der Waals surface area contributed by atoms with Crippen molar-refractivity contribution >= 4 is 5.78 Å². The van der Waals surface area contributed by atoms with E-state index in [1.807, 2.05) is 32.0 Å². The van der Waals surface area contributed by atoms with Gasteiger partial charge in [0.05, 0.1) is 0 Å². The standard InChI is InChI=1S/C14H16F4O2/c1-9-4-3-5-10(2)12(9)6-11(19)7-20-8-14(17,18)13(15)16/h3-5,13H,6-8H2,1-2H3. The molecule has 6 heteroatoms. The van der Waals surface area contributed by atoms with E-state index in [-0.39, 0.29) is 6.42 Å². The van der Waals surface area contributed by atoms with Crippen LogP contribution >= 0.6 is 0 Å². The zero-order valence-corrected chi connectivity index (χ0v) is 11.3. The summed E-state index contributed by atoms with van der Waals surface area (Å²) in [5.41, 5.74) is 2.63. The molecule has 1 aromatic rings. The molecule has 0 fully saturated rings. The van der Waals surface area contributed by atoms with Gasteiger partial charge in [-0.2, -0.15) is 8.78 Å². The Kier molecular flexibility index (Phi) is 5.68. The number of hydrogen-bond donors (Lipinski definition) is 0. The van der Waals surface area contributed by atoms with Crippen LogP contribution in [-0.2, 0) is 16.0 Å². The van der Waals surface area contributed by atoms with Crippen LogP contribution in [0.3, 0.4) is 0 Å². The molecule has 112 valence electrons. The van der Waals surface area contributed by atoms with E-state index in [9.17, 15) is 22.4 Å². The minimum absolute atomic E-state index is 0.0404. The van der Waals surface area contributed by atoms with Gasteiger partial charge in [-0.3, -0.25) is 4.79 Å². The molecule has 0 N–H and O–H groups in total. The van der Waals surface area contributed by atoms with E-state index in [1.54, 1.807) is 0 Å². The van der Waals surface area contributed by atoms with Crippen LogP contribution in [0.4, 0.5) is 17.6 Å². The number of aryl methyl sites for hydroxylation is 2. The number of ether oxygens (including phenoxy) is 1. The van der Waals surface area contributed by atoms with Gasteiger partial charge in [-0.05, 0) is 30.5 Å². The Bertz CT molecular complexity index is 452. The largest absolute Gasteiger partial charge is 0.367 e. The zero-order chi connectivity index (χ0) is 15.3. The van der Waals surface area contributed by atoms with Crippen molar-refractivity contribution in [2.45, 2.75) is 32.6 Å². The van der Waals surface area contributed by atoms with E-state index in [0.717, 1.165) is 16.7 Å². The summed E-state index contributed by atoms with van der Waals surface area (Å²) in [6.07, 6.45) is -3.75. The fourth-order valence-corrected chi connectivity index (χ4v) is 1.74. The van der Waals surface area contributed by atoms with Crippen molar-refractivity contribution in [3.05, 3.63) is 34.9 Å². The maximum atomic E-state index is 12.6. The van der Waals surface area contributed by atoms with Gasteiger partial charge in [0.2, 0.25) is 0 Å². The number of carbonyl (C=O) groups is 1. The summed E-state index contributed by atoms with van der Waals surface area (Å²) < 4.78 is 53.3. The molecule has 0 aliphatic rings. The summed E-state index contributed by atoms with van der Waals surface area (Å²) >= 11 is 0. The monoisotopic (exact) mass is 292 g/mol. The van der Waals surface area contributed by atoms with Crippen molar-refractivity contribution < 1.29 is 27.1 Å². The second kappa shape index (κ2) is 6.83. The first-order valence-electron chi connectivity index (χ1n) is 6.04. The molecule has 2 nitrogen and oxygen atoms in total. The number of benzene rings is 1. The van der Waals surface area contributed by atoms with Gasteiger partial charge in [-0.15, -0.1) is 0 Å². The highest BCUT2D eigenvalue weighted by molar-refractivity contribution is 5.82. The van der Waals surface area contributed by atoms with Gasteiger partial charge in [0.1, 0.15) is 13.2 Å². The molecule has 0 bridgehead atoms. The molecule has 20 heavy (non-hydrogen) atoms. The molecule has 0 saturated heterocycles. The highest BCUT2D eigenvalue weighted by Crippen LogP contribution is 2.22. The Morgan fingerprint density at radius 2 is 1.80 bits per heavy atom. The van der Waals surface area contributed by atoms with Crippen LogP contribution in [0.2, 0.25) is 0 Å². The molecule has 0 spiro atoms. The van der Waals surface area contributed by atoms with Gasteiger partial charge in [0, 0.05) is 6.42 Å². The fraction of sp³-hybridized carbons (Fsp3) is 0.500. The van der Waals surface area contributed by atoms with Crippen LogP contribution < -0.4 is 0 Å². The normalized spacial score (nSPS) is 11.9. The first-order chi connectivity index (χ1) is 9.24. The Hall–Kier alpha value is -1.43. The number of carbonyl (C=O) groups excluding carboxylic acids is 1. The lowest BCUT2D eigenvalue weighted by Gasteiger charge is -2.15. The van der Waals surface area contributed by atoms with Crippen molar-refractivity contribution in [3.63, 3.8) is 0 Å². The topological polar surface area (TPSA) is 26.3 Å². The van der Waals surface area contributed by atoms with Crippen LogP contribution in [0.15, 0.2) is 18.2 Å². The van der Waals surface area contributed by atoms with Gasteiger partial charge < -0.3 is 4.74 Å². The molecule has 0 aliphatic carbocycles. The number of ketones is 1. The Morgan fingerprint density at radius 3 is 2.30 bits per heavy atom. The molecule has 0 saturated carbocycles. The number of rotatable bonds is 7. The van der Waals surface area contributed by atoms with Crippen LogP contribution in [0.1, 0.15) is 16.7 Å². The van der Waals surface area contributed by atoms with Crippen LogP contribution in [-0.4, -0.2) is 31.3 Å². The Balaban J connectivity index is 2.49. The van der Waals surface area contributed by atoms with E-state index >= 15 is 0 Å². The van der Waals surface area contributed by atoms with E-state index in [0.29, 0.717) is 0 Å². The van der Waals surface area contributed by atoms with Crippen molar-refractivity contribution in [2.24, 2.45) is 0 Å². The van der Waals surface area contributed by atoms with Gasteiger partial charge in [0.25, 0.3) is 0 Å². The average molecular weight is 292 g/mol. The first kappa shape index (κ1) is 16.6. The highest BCUT2D eigenvalue weighted by Gasteiger charge is 2.41. The van der Waals surface area contributed by atoms with Crippen LogP contribution in [0.5, 0.6) is 0 Å². The molecular weight excluding hydrogens is 276 g/mol. The maximum absolute atomic E-state index is 12.6. The molecule has 0 unspecified atom stereocenters. The van der Waals surface area contributed by atoms with Gasteiger partial charge in [-0.25, -0.2) is 8.78 Å². The third-order valence-corrected chi connectivity index (χ3v) is 2.90. The third kappa shape index (κ3) is 4.59. The van der Waals surface area contributed by atoms with Gasteiger partial charge in [0.15, 0.2) is 5.78 Å². The molecule has 0 amide bonds. The fourth-order valence-electron chi connectivity index (χ4n) is 1.74. The zero-order valence-electron chi connectivity index (χ0n) is 11.3. The van der Waals surface area contributed by atoms with E-state index in [4.69, 9.17) is 0 Å². The molecule has 0 heterocycles. The van der Waals surface area contributed by atoms with E-state index in [1.165, 1.54) is 0 Å². The average Bonchev–Trinajstić information content (AvgIpc) is 2.33. The predicted octanol–water partition coefficient (Wildman–Crippen LogP) is 3.33. The molecule has 0 atom stereocenters. The van der Waals surface area contributed by atoms with Crippen molar-refractivity contribution in [1.29, 1.82) is 0 Å². The Morgan fingerprint density at radius 1 is 1.25 bits per heavy atom. The minimum atomic E-state index is -4.22. The quantitative estimate of drug-likeness (QED) is 0.721. The SMILES string of the molecule is Cc1cccc(C)c1CC(=O)COCC(F)(F)C(F)F. The van der Waals surface area contributed by atoms with Gasteiger partial charge in [-0.1, -0.05) is 18.2 Å². The summed E-state index contributed by atoms with van der Waals surface area (Å²) in [6, 6.07) is 5.52. The summed E-state index contributed by atoms with van der Waals surface area (Å²) in [4.78, 5) is 11.6. The van der Waals surface area contributed by atoms with Crippen molar-refractivity contribution in [1.82, 2.24) is 0 Å². The lowest BCUT2D eigenvalue weighted by molar-refractivity contribution is -0.168. The maximum Gasteiger partial charge on any atom is 0.330 e. The number of hydrogen-bond acceptors (Lipinski definition) is 2. The third-order valence-electron chi connectivity index (χ3n) is 2.90. The number of alkyl halides is 4. The Labute approximate surface area is 114 Å². The van der Waals surface area contributed by atoms with Crippen LogP contribution in [0.25, 0.3) is 0 Å². The first-order valence-corrected chi connectivity index (χ1v) is 6.04. The van der Waals surface area contributed by atoms with E-state index < -0.39 is 31.3 Å². The lowest BCUT2D eigenvalue weighted by atomic mass is 9.98. The van der Waals surface area contributed by atoms with E-state index in [2.05, 4.69) is 4.74 Å². The molecular formula is C14H16F4O2. The van der Waals surface area contributed by atoms with Crippen molar-refractivity contribution in [2.75, 3.05) is 13.2 Å². The molecule has 0 radical (unpaired) electrons. The lowest BCUT2D eigenvalue weighted by Crippen LogP contribution is -2.33. The number of halogens is 4. The minimum Gasteiger partial charge on any atom is -0.367 e. The molecule has 1 aromatic carbocycles. The van der Waals surface area contributed by atoms with Crippen molar-refractivity contribution in [3.8, 4) is 0 Å². The number of Topliss-reactive ketones (excluding diaryl/α,β-unsaturated/α-hetero) is 1. The highest BCUT2D eigenvalue weighted by atomic mass is 19.3.